The third kappa shape index (κ3) is 4.31. The number of aromatic nitrogens is 3. The minimum absolute atomic E-state index is 0.178. The molecule has 5 aromatic rings. The Morgan fingerprint density at radius 1 is 1.06 bits per heavy atom. The summed E-state index contributed by atoms with van der Waals surface area (Å²) in [4.78, 5) is 30.9. The summed E-state index contributed by atoms with van der Waals surface area (Å²) in [6.45, 7) is 1.63. The summed E-state index contributed by atoms with van der Waals surface area (Å²) in [6.07, 6.45) is 1.42. The summed E-state index contributed by atoms with van der Waals surface area (Å²) < 4.78 is 36.1. The van der Waals surface area contributed by atoms with Crippen LogP contribution in [-0.4, -0.2) is 27.1 Å². The molecule has 0 bridgehead atoms. The van der Waals surface area contributed by atoms with E-state index in [0.717, 1.165) is 5.56 Å². The van der Waals surface area contributed by atoms with Crippen molar-refractivity contribution < 1.29 is 18.3 Å². The minimum atomic E-state index is -0.481. The highest BCUT2D eigenvalue weighted by Gasteiger charge is 2.19. The van der Waals surface area contributed by atoms with Gasteiger partial charge in [0.1, 0.15) is 35.0 Å². The zero-order chi connectivity index (χ0) is 25.4. The first-order valence-electron chi connectivity index (χ1n) is 11.2. The van der Waals surface area contributed by atoms with E-state index in [1.54, 1.807) is 38.3 Å². The van der Waals surface area contributed by atoms with Crippen LogP contribution in [0.3, 0.4) is 0 Å². The number of rotatable bonds is 6. The van der Waals surface area contributed by atoms with E-state index in [2.05, 4.69) is 10.3 Å². The molecule has 3 aromatic carbocycles. The fourth-order valence-electron chi connectivity index (χ4n) is 4.19. The average Bonchev–Trinajstić information content (AvgIpc) is 3.16. The van der Waals surface area contributed by atoms with Gasteiger partial charge in [-0.3, -0.25) is 14.2 Å². The van der Waals surface area contributed by atoms with Gasteiger partial charge in [-0.15, -0.1) is 0 Å². The lowest BCUT2D eigenvalue weighted by Gasteiger charge is -2.10. The van der Waals surface area contributed by atoms with Crippen molar-refractivity contribution in [2.45, 2.75) is 20.0 Å². The molecule has 2 heterocycles. The second-order valence-electron chi connectivity index (χ2n) is 8.48. The van der Waals surface area contributed by atoms with Gasteiger partial charge in [-0.2, -0.15) is 0 Å². The number of amides is 1. The number of anilines is 1. The molecule has 7 nitrogen and oxygen atoms in total. The largest absolute Gasteiger partial charge is 0.497 e. The van der Waals surface area contributed by atoms with E-state index < -0.39 is 17.5 Å². The highest BCUT2D eigenvalue weighted by molar-refractivity contribution is 6.06. The molecule has 0 unspecified atom stereocenters. The Hall–Kier alpha value is -4.53. The standard InChI is InChI=1S/C27H22F2N4O3/c1-16-3-7-19(12-22(16)29)31-24(34)14-33-23-10-6-18(28)11-21(23)25-26(33)27(35)32(15-30-25)13-17-4-8-20(36-2)9-5-17/h3-12,15H,13-14H2,1-2H3,(H,31,34). The molecule has 1 N–H and O–H groups in total. The first-order chi connectivity index (χ1) is 17.3. The number of benzene rings is 3. The van der Waals surface area contributed by atoms with Gasteiger partial charge in [0.05, 0.1) is 25.5 Å². The van der Waals surface area contributed by atoms with Gasteiger partial charge in [0.15, 0.2) is 0 Å². The van der Waals surface area contributed by atoms with E-state index in [-0.39, 0.29) is 24.2 Å². The maximum atomic E-state index is 14.1. The van der Waals surface area contributed by atoms with Crippen LogP contribution in [0.5, 0.6) is 5.75 Å². The topological polar surface area (TPSA) is 78.2 Å². The number of hydrogen-bond donors (Lipinski definition) is 1. The highest BCUT2D eigenvalue weighted by atomic mass is 19.1. The second kappa shape index (κ2) is 9.26. The third-order valence-electron chi connectivity index (χ3n) is 6.06. The van der Waals surface area contributed by atoms with Crippen molar-refractivity contribution in [3.63, 3.8) is 0 Å². The summed E-state index contributed by atoms with van der Waals surface area (Å²) in [5.74, 6) is -0.691. The number of carbonyl (C=O) groups excluding carboxylic acids is 1. The number of halogens is 2. The summed E-state index contributed by atoms with van der Waals surface area (Å²) in [5, 5.41) is 3.08. The van der Waals surface area contributed by atoms with Gasteiger partial charge in [0.2, 0.25) is 5.91 Å². The first kappa shape index (κ1) is 23.2. The Bertz CT molecular complexity index is 1670. The van der Waals surface area contributed by atoms with Crippen molar-refractivity contribution in [3.8, 4) is 5.75 Å². The number of nitrogens with one attached hydrogen (secondary N) is 1. The fourth-order valence-corrected chi connectivity index (χ4v) is 4.19. The van der Waals surface area contributed by atoms with Crippen molar-refractivity contribution in [1.29, 1.82) is 0 Å². The maximum absolute atomic E-state index is 14.1. The Balaban J connectivity index is 1.56. The Morgan fingerprint density at radius 3 is 2.56 bits per heavy atom. The molecule has 0 saturated carbocycles. The second-order valence-corrected chi connectivity index (χ2v) is 8.48. The monoisotopic (exact) mass is 488 g/mol. The molecular formula is C27H22F2N4O3. The molecule has 0 atom stereocenters. The van der Waals surface area contributed by atoms with Gasteiger partial charge in [-0.05, 0) is 60.5 Å². The third-order valence-corrected chi connectivity index (χ3v) is 6.06. The van der Waals surface area contributed by atoms with Crippen molar-refractivity contribution >= 4 is 33.5 Å². The molecule has 0 saturated heterocycles. The van der Waals surface area contributed by atoms with Gasteiger partial charge in [0, 0.05) is 11.1 Å². The van der Waals surface area contributed by atoms with E-state index in [9.17, 15) is 18.4 Å². The summed E-state index contributed by atoms with van der Waals surface area (Å²) in [5.41, 5.74) is 2.20. The zero-order valence-corrected chi connectivity index (χ0v) is 19.6. The smallest absolute Gasteiger partial charge is 0.278 e. The van der Waals surface area contributed by atoms with Gasteiger partial charge in [0.25, 0.3) is 5.56 Å². The van der Waals surface area contributed by atoms with Gasteiger partial charge < -0.3 is 14.6 Å². The van der Waals surface area contributed by atoms with Gasteiger partial charge in [-0.25, -0.2) is 13.8 Å². The number of hydrogen-bond acceptors (Lipinski definition) is 4. The lowest BCUT2D eigenvalue weighted by Crippen LogP contribution is -2.25. The predicted octanol–water partition coefficient (Wildman–Crippen LogP) is 4.63. The molecule has 0 aliphatic carbocycles. The fraction of sp³-hybridized carbons (Fsp3) is 0.148. The van der Waals surface area contributed by atoms with Crippen LogP contribution in [0.2, 0.25) is 0 Å². The molecule has 0 radical (unpaired) electrons. The lowest BCUT2D eigenvalue weighted by molar-refractivity contribution is -0.116. The molecule has 0 fully saturated rings. The SMILES string of the molecule is COc1ccc(Cn2cnc3c4cc(F)ccc4n(CC(=O)Nc4ccc(C)c(F)c4)c3c2=O)cc1. The number of methoxy groups -OCH3 is 1. The van der Waals surface area contributed by atoms with E-state index >= 15 is 0 Å². The summed E-state index contributed by atoms with van der Waals surface area (Å²) >= 11 is 0. The Kier molecular flexibility index (Phi) is 5.97. The number of ether oxygens (including phenoxy) is 1. The minimum Gasteiger partial charge on any atom is -0.497 e. The lowest BCUT2D eigenvalue weighted by atomic mass is 10.2. The number of fused-ring (bicyclic) bond motifs is 3. The normalized spacial score (nSPS) is 11.2. The van der Waals surface area contributed by atoms with E-state index in [1.165, 1.54) is 39.7 Å². The molecule has 2 aromatic heterocycles. The molecule has 182 valence electrons. The maximum Gasteiger partial charge on any atom is 0.278 e. The highest BCUT2D eigenvalue weighted by Crippen LogP contribution is 2.26. The predicted molar refractivity (Wildman–Crippen MR) is 133 cm³/mol. The van der Waals surface area contributed by atoms with Crippen LogP contribution in [0.1, 0.15) is 11.1 Å². The number of carbonyl (C=O) groups is 1. The molecule has 36 heavy (non-hydrogen) atoms. The van der Waals surface area contributed by atoms with Crippen LogP contribution < -0.4 is 15.6 Å². The van der Waals surface area contributed by atoms with Crippen LogP contribution in [-0.2, 0) is 17.9 Å². The molecule has 1 amide bonds. The van der Waals surface area contributed by atoms with Crippen LogP contribution in [0, 0.1) is 18.6 Å². The summed E-state index contributed by atoms with van der Waals surface area (Å²) in [6, 6.07) is 15.7. The van der Waals surface area contributed by atoms with Crippen LogP contribution in [0.4, 0.5) is 14.5 Å². The average molecular weight is 488 g/mol. The summed E-state index contributed by atoms with van der Waals surface area (Å²) in [7, 11) is 1.57. The number of aryl methyl sites for hydroxylation is 1. The van der Waals surface area contributed by atoms with Crippen molar-refractivity contribution in [3.05, 3.63) is 100 Å². The Morgan fingerprint density at radius 2 is 1.83 bits per heavy atom. The quantitative estimate of drug-likeness (QED) is 0.378. The molecular weight excluding hydrogens is 466 g/mol. The van der Waals surface area contributed by atoms with Crippen LogP contribution >= 0.6 is 0 Å². The van der Waals surface area contributed by atoms with E-state index in [4.69, 9.17) is 4.74 Å². The molecule has 9 heteroatoms. The number of nitrogens with zero attached hydrogens (tertiary/aromatic N) is 3. The van der Waals surface area contributed by atoms with Crippen LogP contribution in [0.15, 0.2) is 71.8 Å². The zero-order valence-electron chi connectivity index (χ0n) is 19.6. The molecule has 0 aliphatic heterocycles. The van der Waals surface area contributed by atoms with Crippen molar-refractivity contribution in [2.24, 2.45) is 0 Å². The van der Waals surface area contributed by atoms with Gasteiger partial charge in [-0.1, -0.05) is 18.2 Å². The van der Waals surface area contributed by atoms with Crippen molar-refractivity contribution in [2.75, 3.05) is 12.4 Å². The molecule has 0 spiro atoms. The van der Waals surface area contributed by atoms with Crippen LogP contribution in [0.25, 0.3) is 21.9 Å². The first-order valence-corrected chi connectivity index (χ1v) is 11.2. The van der Waals surface area contributed by atoms with E-state index in [1.807, 2.05) is 12.1 Å². The van der Waals surface area contributed by atoms with E-state index in [0.29, 0.717) is 33.4 Å². The van der Waals surface area contributed by atoms with Gasteiger partial charge >= 0.3 is 0 Å². The molecule has 5 rings (SSSR count). The van der Waals surface area contributed by atoms with Crippen molar-refractivity contribution in [1.82, 2.24) is 14.1 Å². The molecule has 0 aliphatic rings. The Labute approximate surface area is 204 Å².